The van der Waals surface area contributed by atoms with Crippen molar-refractivity contribution < 1.29 is 13.2 Å². The third kappa shape index (κ3) is 2.50. The van der Waals surface area contributed by atoms with Gasteiger partial charge in [0.25, 0.3) is 0 Å². The monoisotopic (exact) mass is 230 g/mol. The lowest BCUT2D eigenvalue weighted by Crippen LogP contribution is -2.20. The summed E-state index contributed by atoms with van der Waals surface area (Å²) >= 11 is 0. The molecule has 0 unspecified atom stereocenters. The number of rotatable bonds is 1. The molecule has 0 aromatic rings. The Balaban J connectivity index is 2.25. The van der Waals surface area contributed by atoms with Gasteiger partial charge in [-0.05, 0) is 31.6 Å². The molecular formula is C13H17F3. The largest absolute Gasteiger partial charge is 0.416 e. The Hall–Kier alpha value is -0.730. The van der Waals surface area contributed by atoms with Crippen molar-refractivity contribution in [3.63, 3.8) is 0 Å². The molecule has 0 heterocycles. The molecule has 0 spiro atoms. The highest BCUT2D eigenvalue weighted by Crippen LogP contribution is 2.41. The second-order valence-electron chi connectivity index (χ2n) is 4.71. The van der Waals surface area contributed by atoms with Crippen LogP contribution in [-0.2, 0) is 0 Å². The van der Waals surface area contributed by atoms with Gasteiger partial charge in [-0.1, -0.05) is 37.0 Å². The molecule has 0 bridgehead atoms. The molecule has 3 heteroatoms. The van der Waals surface area contributed by atoms with Crippen LogP contribution in [0.1, 0.15) is 44.9 Å². The minimum absolute atomic E-state index is 0.190. The molecule has 0 atom stereocenters. The van der Waals surface area contributed by atoms with Crippen molar-refractivity contribution in [2.24, 2.45) is 5.92 Å². The summed E-state index contributed by atoms with van der Waals surface area (Å²) in [6.07, 6.45) is 5.40. The Morgan fingerprint density at radius 3 is 2.38 bits per heavy atom. The summed E-state index contributed by atoms with van der Waals surface area (Å²) in [5.74, 6) is 0.190. The van der Waals surface area contributed by atoms with Crippen LogP contribution in [0.15, 0.2) is 23.3 Å². The Morgan fingerprint density at radius 2 is 1.75 bits per heavy atom. The lowest BCUT2D eigenvalue weighted by Gasteiger charge is -2.28. The number of hydrogen-bond acceptors (Lipinski definition) is 0. The van der Waals surface area contributed by atoms with E-state index in [9.17, 15) is 13.2 Å². The van der Waals surface area contributed by atoms with Gasteiger partial charge in [-0.3, -0.25) is 0 Å². The molecule has 2 aliphatic rings. The van der Waals surface area contributed by atoms with Gasteiger partial charge in [0.05, 0.1) is 5.57 Å². The van der Waals surface area contributed by atoms with E-state index in [1.165, 1.54) is 12.5 Å². The molecule has 0 N–H and O–H groups in total. The van der Waals surface area contributed by atoms with E-state index in [0.717, 1.165) is 32.1 Å². The van der Waals surface area contributed by atoms with E-state index in [-0.39, 0.29) is 11.5 Å². The Morgan fingerprint density at radius 1 is 1.06 bits per heavy atom. The molecule has 2 rings (SSSR count). The van der Waals surface area contributed by atoms with Gasteiger partial charge in [-0.25, -0.2) is 0 Å². The number of hydrogen-bond donors (Lipinski definition) is 0. The van der Waals surface area contributed by atoms with Crippen LogP contribution in [0.25, 0.3) is 0 Å². The third-order valence-corrected chi connectivity index (χ3v) is 3.61. The summed E-state index contributed by atoms with van der Waals surface area (Å²) in [5.41, 5.74) is 0.320. The molecule has 0 nitrogen and oxygen atoms in total. The van der Waals surface area contributed by atoms with E-state index in [1.54, 1.807) is 6.08 Å². The molecular weight excluding hydrogens is 213 g/mol. The number of alkyl halides is 3. The number of halogens is 3. The van der Waals surface area contributed by atoms with Gasteiger partial charge in [0.1, 0.15) is 0 Å². The lowest BCUT2D eigenvalue weighted by atomic mass is 9.78. The van der Waals surface area contributed by atoms with Crippen LogP contribution in [0, 0.1) is 5.92 Å². The van der Waals surface area contributed by atoms with E-state index < -0.39 is 6.18 Å². The first-order chi connectivity index (χ1) is 7.59. The van der Waals surface area contributed by atoms with Crippen LogP contribution in [0.5, 0.6) is 0 Å². The summed E-state index contributed by atoms with van der Waals surface area (Å²) in [5, 5.41) is 0. The van der Waals surface area contributed by atoms with E-state index in [2.05, 4.69) is 0 Å². The van der Waals surface area contributed by atoms with E-state index in [0.29, 0.717) is 12.0 Å². The predicted molar refractivity (Wildman–Crippen MR) is 58.0 cm³/mol. The van der Waals surface area contributed by atoms with Crippen LogP contribution >= 0.6 is 0 Å². The van der Waals surface area contributed by atoms with Gasteiger partial charge < -0.3 is 0 Å². The van der Waals surface area contributed by atoms with Crippen LogP contribution in [0.4, 0.5) is 13.2 Å². The van der Waals surface area contributed by atoms with Gasteiger partial charge in [0, 0.05) is 0 Å². The van der Waals surface area contributed by atoms with Gasteiger partial charge in [-0.15, -0.1) is 0 Å². The molecule has 1 saturated carbocycles. The molecule has 2 aliphatic carbocycles. The van der Waals surface area contributed by atoms with Crippen molar-refractivity contribution in [2.45, 2.75) is 51.1 Å². The van der Waals surface area contributed by atoms with E-state index in [4.69, 9.17) is 0 Å². The predicted octanol–water partition coefficient (Wildman–Crippen LogP) is 4.78. The average molecular weight is 230 g/mol. The topological polar surface area (TPSA) is 0 Å². The molecule has 0 radical (unpaired) electrons. The fourth-order valence-corrected chi connectivity index (χ4v) is 2.83. The van der Waals surface area contributed by atoms with Crippen LogP contribution in [0.2, 0.25) is 0 Å². The van der Waals surface area contributed by atoms with Crippen LogP contribution in [0.3, 0.4) is 0 Å². The highest BCUT2D eigenvalue weighted by molar-refractivity contribution is 5.34. The maximum atomic E-state index is 12.8. The number of allylic oxidation sites excluding steroid dienone is 4. The highest BCUT2D eigenvalue weighted by atomic mass is 19.4. The van der Waals surface area contributed by atoms with Gasteiger partial charge >= 0.3 is 6.18 Å². The molecule has 0 saturated heterocycles. The molecule has 0 amide bonds. The van der Waals surface area contributed by atoms with Crippen LogP contribution in [-0.4, -0.2) is 6.18 Å². The summed E-state index contributed by atoms with van der Waals surface area (Å²) in [6.45, 7) is 0. The van der Waals surface area contributed by atoms with Crippen LogP contribution < -0.4 is 0 Å². The normalized spacial score (nSPS) is 23.9. The summed E-state index contributed by atoms with van der Waals surface area (Å²) in [7, 11) is 0. The molecule has 90 valence electrons. The van der Waals surface area contributed by atoms with Gasteiger partial charge in [-0.2, -0.15) is 13.2 Å². The van der Waals surface area contributed by atoms with Crippen molar-refractivity contribution >= 4 is 0 Å². The standard InChI is InChI=1S/C13H17F3/c14-13(15,16)12-9-5-4-8-11(12)10-6-2-1-3-7-10/h5,9-10H,1-4,6-8H2. The minimum Gasteiger partial charge on any atom is -0.166 e. The smallest absolute Gasteiger partial charge is 0.166 e. The Kier molecular flexibility index (Phi) is 3.41. The summed E-state index contributed by atoms with van der Waals surface area (Å²) in [4.78, 5) is 0. The SMILES string of the molecule is FC(F)(F)C1=C(C2CCCCC2)CCC=C1. The highest BCUT2D eigenvalue weighted by Gasteiger charge is 2.37. The fourth-order valence-electron chi connectivity index (χ4n) is 2.83. The first-order valence-corrected chi connectivity index (χ1v) is 6.06. The molecule has 1 fully saturated rings. The second-order valence-corrected chi connectivity index (χ2v) is 4.71. The van der Waals surface area contributed by atoms with E-state index >= 15 is 0 Å². The molecule has 0 aromatic heterocycles. The fraction of sp³-hybridized carbons (Fsp3) is 0.692. The zero-order valence-electron chi connectivity index (χ0n) is 9.32. The Bertz CT molecular complexity index is 304. The molecule has 16 heavy (non-hydrogen) atoms. The molecule has 0 aromatic carbocycles. The van der Waals surface area contributed by atoms with Gasteiger partial charge in [0.2, 0.25) is 0 Å². The third-order valence-electron chi connectivity index (χ3n) is 3.61. The first kappa shape index (κ1) is 11.7. The quantitative estimate of drug-likeness (QED) is 0.608. The second kappa shape index (κ2) is 4.64. The zero-order chi connectivity index (χ0) is 11.6. The molecule has 0 aliphatic heterocycles. The van der Waals surface area contributed by atoms with E-state index in [1.807, 2.05) is 0 Å². The van der Waals surface area contributed by atoms with Crippen molar-refractivity contribution in [1.29, 1.82) is 0 Å². The zero-order valence-corrected chi connectivity index (χ0v) is 9.32. The first-order valence-electron chi connectivity index (χ1n) is 6.06. The van der Waals surface area contributed by atoms with Crippen molar-refractivity contribution in [2.75, 3.05) is 0 Å². The van der Waals surface area contributed by atoms with Gasteiger partial charge in [0.15, 0.2) is 0 Å². The average Bonchev–Trinajstić information content (AvgIpc) is 2.29. The lowest BCUT2D eigenvalue weighted by molar-refractivity contribution is -0.0899. The maximum absolute atomic E-state index is 12.8. The summed E-state index contributed by atoms with van der Waals surface area (Å²) < 4.78 is 38.5. The maximum Gasteiger partial charge on any atom is 0.416 e. The van der Waals surface area contributed by atoms with Crippen molar-refractivity contribution in [1.82, 2.24) is 0 Å². The minimum atomic E-state index is -4.16. The van der Waals surface area contributed by atoms with Crippen molar-refractivity contribution in [3.8, 4) is 0 Å². The van der Waals surface area contributed by atoms with Crippen molar-refractivity contribution in [3.05, 3.63) is 23.3 Å². The Labute approximate surface area is 94.2 Å². The summed E-state index contributed by atoms with van der Waals surface area (Å²) in [6, 6.07) is 0.